The highest BCUT2D eigenvalue weighted by Crippen LogP contribution is 2.34. The van der Waals surface area contributed by atoms with Crippen molar-refractivity contribution < 1.29 is 14.3 Å². The van der Waals surface area contributed by atoms with Gasteiger partial charge >= 0.3 is 0 Å². The predicted molar refractivity (Wildman–Crippen MR) is 78.8 cm³/mol. The molecule has 1 fully saturated rings. The maximum atomic E-state index is 13.0. The molecule has 4 heteroatoms. The molecule has 0 aliphatic carbocycles. The van der Waals surface area contributed by atoms with Crippen molar-refractivity contribution in [1.29, 1.82) is 0 Å². The van der Waals surface area contributed by atoms with Gasteiger partial charge in [-0.25, -0.2) is 0 Å². The molecule has 0 atom stereocenters. The van der Waals surface area contributed by atoms with Crippen LogP contribution in [0.2, 0.25) is 0 Å². The van der Waals surface area contributed by atoms with Gasteiger partial charge < -0.3 is 9.47 Å². The van der Waals surface area contributed by atoms with Crippen LogP contribution in [0, 0.1) is 0 Å². The lowest BCUT2D eigenvalue weighted by molar-refractivity contribution is 0.0696. The first-order valence-corrected chi connectivity index (χ1v) is 7.03. The lowest BCUT2D eigenvalue weighted by Gasteiger charge is -2.34. The maximum Gasteiger partial charge on any atom is 0.189 e. The number of ketones is 1. The van der Waals surface area contributed by atoms with Gasteiger partial charge in [-0.2, -0.15) is 0 Å². The van der Waals surface area contributed by atoms with Crippen LogP contribution in [0.3, 0.4) is 0 Å². The third kappa shape index (κ3) is 2.52. The zero-order valence-corrected chi connectivity index (χ0v) is 12.7. The first kappa shape index (κ1) is 14.9. The van der Waals surface area contributed by atoms with Crippen LogP contribution >= 0.6 is 0 Å². The molecule has 4 nitrogen and oxygen atoms in total. The Morgan fingerprint density at radius 2 is 1.60 bits per heavy atom. The number of nitrogens with zero attached hydrogens (tertiary/aromatic N) is 1. The van der Waals surface area contributed by atoms with E-state index in [2.05, 4.69) is 4.90 Å². The monoisotopic (exact) mass is 277 g/mol. The normalized spacial score (nSPS) is 16.2. The number of carbonyl (C=O) groups is 1. The van der Waals surface area contributed by atoms with Crippen LogP contribution in [0.1, 0.15) is 37.0 Å². The van der Waals surface area contributed by atoms with Crippen LogP contribution in [0.15, 0.2) is 18.2 Å². The van der Waals surface area contributed by atoms with E-state index in [1.54, 1.807) is 26.4 Å². The number of hydrogen-bond acceptors (Lipinski definition) is 4. The minimum Gasteiger partial charge on any atom is -0.496 e. The largest absolute Gasteiger partial charge is 0.496 e. The zero-order valence-electron chi connectivity index (χ0n) is 12.7. The van der Waals surface area contributed by atoms with E-state index >= 15 is 0 Å². The molecule has 0 unspecified atom stereocenters. The third-order valence-corrected chi connectivity index (χ3v) is 4.11. The van der Waals surface area contributed by atoms with Crippen LogP contribution in [-0.4, -0.2) is 43.5 Å². The van der Waals surface area contributed by atoms with Gasteiger partial charge in [0.15, 0.2) is 5.78 Å². The van der Waals surface area contributed by atoms with Gasteiger partial charge in [-0.3, -0.25) is 9.69 Å². The minimum absolute atomic E-state index is 0.0497. The predicted octanol–water partition coefficient (Wildman–Crippen LogP) is 2.76. The van der Waals surface area contributed by atoms with Crippen LogP contribution in [-0.2, 0) is 0 Å². The fourth-order valence-electron chi connectivity index (χ4n) is 2.80. The number of benzene rings is 1. The van der Waals surface area contributed by atoms with Crippen LogP contribution in [0.5, 0.6) is 11.5 Å². The summed E-state index contributed by atoms with van der Waals surface area (Å²) in [6, 6.07) is 5.43. The topological polar surface area (TPSA) is 38.8 Å². The summed E-state index contributed by atoms with van der Waals surface area (Å²) in [5, 5.41) is 0. The highest BCUT2D eigenvalue weighted by atomic mass is 16.5. The van der Waals surface area contributed by atoms with Crippen molar-refractivity contribution >= 4 is 5.78 Å². The fraction of sp³-hybridized carbons (Fsp3) is 0.562. The molecular weight excluding hydrogens is 254 g/mol. The number of Topliss-reactive ketones (excluding diaryl/α,β-unsaturated/α-hetero) is 1. The van der Waals surface area contributed by atoms with Crippen molar-refractivity contribution in [3.05, 3.63) is 23.8 Å². The highest BCUT2D eigenvalue weighted by molar-refractivity contribution is 6.07. The number of rotatable bonds is 5. The van der Waals surface area contributed by atoms with E-state index in [0.717, 1.165) is 25.9 Å². The summed E-state index contributed by atoms with van der Waals surface area (Å²) < 4.78 is 10.7. The summed E-state index contributed by atoms with van der Waals surface area (Å²) in [5.74, 6) is 1.19. The Morgan fingerprint density at radius 1 is 1.10 bits per heavy atom. The van der Waals surface area contributed by atoms with E-state index in [-0.39, 0.29) is 5.78 Å². The van der Waals surface area contributed by atoms with Crippen LogP contribution < -0.4 is 9.47 Å². The van der Waals surface area contributed by atoms with Crippen molar-refractivity contribution in [2.45, 2.75) is 32.2 Å². The molecule has 0 radical (unpaired) electrons. The Labute approximate surface area is 120 Å². The van der Waals surface area contributed by atoms with Gasteiger partial charge in [-0.15, -0.1) is 0 Å². The highest BCUT2D eigenvalue weighted by Gasteiger charge is 2.39. The molecule has 0 amide bonds. The third-order valence-electron chi connectivity index (χ3n) is 4.11. The van der Waals surface area contributed by atoms with Gasteiger partial charge in [0.05, 0.1) is 19.8 Å². The molecule has 2 rings (SSSR count). The van der Waals surface area contributed by atoms with E-state index in [1.807, 2.05) is 19.9 Å². The molecule has 1 heterocycles. The minimum atomic E-state index is -0.543. The van der Waals surface area contributed by atoms with E-state index in [4.69, 9.17) is 9.47 Å². The van der Waals surface area contributed by atoms with E-state index in [0.29, 0.717) is 17.1 Å². The van der Waals surface area contributed by atoms with Crippen molar-refractivity contribution in [1.82, 2.24) is 4.90 Å². The summed E-state index contributed by atoms with van der Waals surface area (Å²) in [6.45, 7) is 5.89. The Kier molecular flexibility index (Phi) is 4.33. The van der Waals surface area contributed by atoms with Crippen molar-refractivity contribution in [2.75, 3.05) is 27.3 Å². The first-order valence-electron chi connectivity index (χ1n) is 7.03. The average Bonchev–Trinajstić information content (AvgIpc) is 3.00. The molecular formula is C16H23NO3. The summed E-state index contributed by atoms with van der Waals surface area (Å²) in [7, 11) is 3.16. The van der Waals surface area contributed by atoms with E-state index in [1.165, 1.54) is 0 Å². The second kappa shape index (κ2) is 5.83. The smallest absolute Gasteiger partial charge is 0.189 e. The molecule has 1 saturated heterocycles. The van der Waals surface area contributed by atoms with Gasteiger partial charge in [0.25, 0.3) is 0 Å². The average molecular weight is 277 g/mol. The van der Waals surface area contributed by atoms with Crippen molar-refractivity contribution in [3.8, 4) is 11.5 Å². The molecule has 110 valence electrons. The van der Waals surface area contributed by atoms with E-state index in [9.17, 15) is 4.79 Å². The Morgan fingerprint density at radius 3 is 2.05 bits per heavy atom. The lowest BCUT2D eigenvalue weighted by atomic mass is 9.90. The van der Waals surface area contributed by atoms with E-state index < -0.39 is 5.54 Å². The second-order valence-corrected chi connectivity index (χ2v) is 5.62. The molecule has 1 aromatic carbocycles. The van der Waals surface area contributed by atoms with Crippen molar-refractivity contribution in [3.63, 3.8) is 0 Å². The van der Waals surface area contributed by atoms with Crippen LogP contribution in [0.4, 0.5) is 0 Å². The number of methoxy groups -OCH3 is 2. The summed E-state index contributed by atoms with van der Waals surface area (Å²) >= 11 is 0. The first-order chi connectivity index (χ1) is 9.52. The standard InChI is InChI=1S/C16H23NO3/c1-16(2,17-10-5-6-11-17)15(18)14-12(19-3)8-7-9-13(14)20-4/h7-9H,5-6,10-11H2,1-4H3. The zero-order chi connectivity index (χ0) is 14.8. The SMILES string of the molecule is COc1cccc(OC)c1C(=O)C(C)(C)N1CCCC1. The number of likely N-dealkylation sites (tertiary alicyclic amines) is 1. The molecule has 1 aliphatic heterocycles. The fourth-order valence-corrected chi connectivity index (χ4v) is 2.80. The van der Waals surface area contributed by atoms with Crippen LogP contribution in [0.25, 0.3) is 0 Å². The van der Waals surface area contributed by atoms with Gasteiger partial charge in [0.2, 0.25) is 0 Å². The van der Waals surface area contributed by atoms with Gasteiger partial charge in [0.1, 0.15) is 17.1 Å². The Bertz CT molecular complexity index is 468. The lowest BCUT2D eigenvalue weighted by Crippen LogP contribution is -2.48. The van der Waals surface area contributed by atoms with Crippen molar-refractivity contribution in [2.24, 2.45) is 0 Å². The summed E-state index contributed by atoms with van der Waals surface area (Å²) in [5.41, 5.74) is -0.00676. The molecule has 20 heavy (non-hydrogen) atoms. The van der Waals surface area contributed by atoms with Gasteiger partial charge in [-0.1, -0.05) is 6.07 Å². The number of ether oxygens (including phenoxy) is 2. The Balaban J connectivity index is 2.41. The maximum absolute atomic E-state index is 13.0. The number of carbonyl (C=O) groups excluding carboxylic acids is 1. The van der Waals surface area contributed by atoms with Gasteiger partial charge in [-0.05, 0) is 51.9 Å². The molecule has 0 spiro atoms. The summed E-state index contributed by atoms with van der Waals surface area (Å²) in [4.78, 5) is 15.2. The van der Waals surface area contributed by atoms with Gasteiger partial charge in [0, 0.05) is 0 Å². The summed E-state index contributed by atoms with van der Waals surface area (Å²) in [6.07, 6.45) is 2.31. The molecule has 0 bridgehead atoms. The molecule has 0 aromatic heterocycles. The number of hydrogen-bond donors (Lipinski definition) is 0. The molecule has 1 aliphatic rings. The molecule has 0 N–H and O–H groups in total. The molecule has 1 aromatic rings. The quantitative estimate of drug-likeness (QED) is 0.776. The second-order valence-electron chi connectivity index (χ2n) is 5.62. The Hall–Kier alpha value is -1.55. The molecule has 0 saturated carbocycles.